The SMILES string of the molecule is c1ccc(CO[C@H]2CCC[C@H](OCc3ccccc3)C2)cc1. The van der Waals surface area contributed by atoms with Crippen LogP contribution in [-0.4, -0.2) is 12.2 Å². The Morgan fingerprint density at radius 2 is 1.14 bits per heavy atom. The molecule has 22 heavy (non-hydrogen) atoms. The van der Waals surface area contributed by atoms with Crippen LogP contribution in [0.1, 0.15) is 36.8 Å². The van der Waals surface area contributed by atoms with Crippen molar-refractivity contribution in [3.63, 3.8) is 0 Å². The van der Waals surface area contributed by atoms with Crippen LogP contribution in [0.3, 0.4) is 0 Å². The van der Waals surface area contributed by atoms with Crippen LogP contribution in [0.15, 0.2) is 60.7 Å². The number of benzene rings is 2. The molecule has 2 nitrogen and oxygen atoms in total. The zero-order valence-electron chi connectivity index (χ0n) is 13.0. The van der Waals surface area contributed by atoms with E-state index in [4.69, 9.17) is 9.47 Å². The van der Waals surface area contributed by atoms with Crippen LogP contribution in [0.25, 0.3) is 0 Å². The highest BCUT2D eigenvalue weighted by Gasteiger charge is 2.23. The first-order valence-corrected chi connectivity index (χ1v) is 8.21. The van der Waals surface area contributed by atoms with Gasteiger partial charge >= 0.3 is 0 Å². The Hall–Kier alpha value is -1.64. The monoisotopic (exact) mass is 296 g/mol. The van der Waals surface area contributed by atoms with Crippen LogP contribution in [0, 0.1) is 0 Å². The van der Waals surface area contributed by atoms with Gasteiger partial charge in [-0.2, -0.15) is 0 Å². The molecule has 116 valence electrons. The molecule has 0 N–H and O–H groups in total. The quantitative estimate of drug-likeness (QED) is 0.767. The Morgan fingerprint density at radius 3 is 1.59 bits per heavy atom. The fourth-order valence-corrected chi connectivity index (χ4v) is 2.98. The van der Waals surface area contributed by atoms with E-state index in [0.29, 0.717) is 25.4 Å². The summed E-state index contributed by atoms with van der Waals surface area (Å²) in [7, 11) is 0. The smallest absolute Gasteiger partial charge is 0.0720 e. The lowest BCUT2D eigenvalue weighted by atomic mass is 9.95. The number of ether oxygens (including phenoxy) is 2. The van der Waals surface area contributed by atoms with E-state index in [1.165, 1.54) is 17.5 Å². The van der Waals surface area contributed by atoms with Crippen molar-refractivity contribution >= 4 is 0 Å². The second kappa shape index (κ2) is 8.11. The minimum Gasteiger partial charge on any atom is -0.373 e. The van der Waals surface area contributed by atoms with Gasteiger partial charge in [0.05, 0.1) is 25.4 Å². The first kappa shape index (κ1) is 15.3. The van der Waals surface area contributed by atoms with Gasteiger partial charge in [-0.15, -0.1) is 0 Å². The van der Waals surface area contributed by atoms with Crippen LogP contribution >= 0.6 is 0 Å². The maximum absolute atomic E-state index is 6.07. The van der Waals surface area contributed by atoms with Crippen LogP contribution in [0.5, 0.6) is 0 Å². The summed E-state index contributed by atoms with van der Waals surface area (Å²) in [5.74, 6) is 0. The predicted octanol–water partition coefficient (Wildman–Crippen LogP) is 4.73. The van der Waals surface area contributed by atoms with Crippen LogP contribution in [0.2, 0.25) is 0 Å². The summed E-state index contributed by atoms with van der Waals surface area (Å²) in [6.07, 6.45) is 5.17. The Labute approximate surface area is 133 Å². The fourth-order valence-electron chi connectivity index (χ4n) is 2.98. The highest BCUT2D eigenvalue weighted by atomic mass is 16.5. The second-order valence-electron chi connectivity index (χ2n) is 6.00. The van der Waals surface area contributed by atoms with Crippen LogP contribution in [-0.2, 0) is 22.7 Å². The lowest BCUT2D eigenvalue weighted by Gasteiger charge is -2.29. The maximum Gasteiger partial charge on any atom is 0.0720 e. The summed E-state index contributed by atoms with van der Waals surface area (Å²) in [5.41, 5.74) is 2.49. The van der Waals surface area contributed by atoms with Crippen LogP contribution in [0.4, 0.5) is 0 Å². The van der Waals surface area contributed by atoms with E-state index < -0.39 is 0 Å². The maximum atomic E-state index is 6.07. The Kier molecular flexibility index (Phi) is 5.63. The van der Waals surface area contributed by atoms with Crippen molar-refractivity contribution in [3.8, 4) is 0 Å². The summed E-state index contributed by atoms with van der Waals surface area (Å²) in [5, 5.41) is 0. The molecule has 3 rings (SSSR count). The van der Waals surface area contributed by atoms with Crippen molar-refractivity contribution in [1.29, 1.82) is 0 Å². The molecular formula is C20H24O2. The van der Waals surface area contributed by atoms with Gasteiger partial charge in [-0.05, 0) is 36.8 Å². The van der Waals surface area contributed by atoms with Gasteiger partial charge in [-0.1, -0.05) is 60.7 Å². The Morgan fingerprint density at radius 1 is 0.682 bits per heavy atom. The van der Waals surface area contributed by atoms with Crippen molar-refractivity contribution < 1.29 is 9.47 Å². The predicted molar refractivity (Wildman–Crippen MR) is 88.5 cm³/mol. The summed E-state index contributed by atoms with van der Waals surface area (Å²) in [6, 6.07) is 20.8. The molecule has 0 bridgehead atoms. The molecule has 2 atom stereocenters. The summed E-state index contributed by atoms with van der Waals surface area (Å²) in [4.78, 5) is 0. The van der Waals surface area contributed by atoms with E-state index in [1.54, 1.807) is 0 Å². The zero-order chi connectivity index (χ0) is 15.0. The Balaban J connectivity index is 1.43. The van der Waals surface area contributed by atoms with E-state index in [1.807, 2.05) is 12.1 Å². The van der Waals surface area contributed by atoms with E-state index in [-0.39, 0.29) is 0 Å². The highest BCUT2D eigenvalue weighted by Crippen LogP contribution is 2.25. The van der Waals surface area contributed by atoms with Gasteiger partial charge in [-0.25, -0.2) is 0 Å². The van der Waals surface area contributed by atoms with Crippen molar-refractivity contribution in [1.82, 2.24) is 0 Å². The first-order chi connectivity index (χ1) is 10.9. The van der Waals surface area contributed by atoms with Gasteiger partial charge in [0, 0.05) is 0 Å². The topological polar surface area (TPSA) is 18.5 Å². The molecule has 0 saturated heterocycles. The Bertz CT molecular complexity index is 489. The van der Waals surface area contributed by atoms with Crippen molar-refractivity contribution in [2.24, 2.45) is 0 Å². The molecule has 2 aromatic carbocycles. The largest absolute Gasteiger partial charge is 0.373 e. The van der Waals surface area contributed by atoms with E-state index in [9.17, 15) is 0 Å². The molecule has 2 aromatic rings. The summed E-state index contributed by atoms with van der Waals surface area (Å²) < 4.78 is 12.1. The van der Waals surface area contributed by atoms with E-state index >= 15 is 0 Å². The van der Waals surface area contributed by atoms with Crippen molar-refractivity contribution in [2.75, 3.05) is 0 Å². The third-order valence-corrected chi connectivity index (χ3v) is 4.24. The molecular weight excluding hydrogens is 272 g/mol. The first-order valence-electron chi connectivity index (χ1n) is 8.21. The standard InChI is InChI=1S/C20H24O2/c1-3-8-17(9-4-1)15-21-19-12-7-13-20(14-19)22-16-18-10-5-2-6-11-18/h1-6,8-11,19-20H,7,12-16H2/t19-,20-/m0/s1. The number of rotatable bonds is 6. The molecule has 0 aliphatic heterocycles. The molecule has 0 radical (unpaired) electrons. The molecule has 1 aliphatic rings. The number of hydrogen-bond donors (Lipinski definition) is 0. The van der Waals surface area contributed by atoms with Crippen molar-refractivity contribution in [2.45, 2.75) is 51.1 Å². The molecule has 0 aromatic heterocycles. The molecule has 1 saturated carbocycles. The van der Waals surface area contributed by atoms with Gasteiger partial charge in [0.2, 0.25) is 0 Å². The minimum atomic E-state index is 0.328. The highest BCUT2D eigenvalue weighted by molar-refractivity contribution is 5.14. The lowest BCUT2D eigenvalue weighted by molar-refractivity contribution is -0.0555. The normalized spacial score (nSPS) is 21.6. The van der Waals surface area contributed by atoms with Gasteiger partial charge in [-0.3, -0.25) is 0 Å². The molecule has 0 unspecified atom stereocenters. The van der Waals surface area contributed by atoms with E-state index in [0.717, 1.165) is 19.3 Å². The zero-order valence-corrected chi connectivity index (χ0v) is 13.0. The third-order valence-electron chi connectivity index (χ3n) is 4.24. The summed E-state index contributed by atoms with van der Waals surface area (Å²) in [6.45, 7) is 1.41. The molecule has 0 amide bonds. The van der Waals surface area contributed by atoms with Crippen molar-refractivity contribution in [3.05, 3.63) is 71.8 Å². The molecule has 1 aliphatic carbocycles. The van der Waals surface area contributed by atoms with E-state index in [2.05, 4.69) is 48.5 Å². The van der Waals surface area contributed by atoms with Gasteiger partial charge in [0.15, 0.2) is 0 Å². The van der Waals surface area contributed by atoms with Gasteiger partial charge < -0.3 is 9.47 Å². The fraction of sp³-hybridized carbons (Fsp3) is 0.400. The summed E-state index contributed by atoms with van der Waals surface area (Å²) >= 11 is 0. The molecule has 0 spiro atoms. The van der Waals surface area contributed by atoms with Gasteiger partial charge in [0.25, 0.3) is 0 Å². The number of hydrogen-bond acceptors (Lipinski definition) is 2. The third kappa shape index (κ3) is 4.69. The van der Waals surface area contributed by atoms with Gasteiger partial charge in [0.1, 0.15) is 0 Å². The average molecular weight is 296 g/mol. The molecule has 1 fully saturated rings. The lowest BCUT2D eigenvalue weighted by Crippen LogP contribution is -2.28. The average Bonchev–Trinajstić information content (AvgIpc) is 2.60. The molecule has 2 heteroatoms. The minimum absolute atomic E-state index is 0.328. The van der Waals surface area contributed by atoms with Crippen LogP contribution < -0.4 is 0 Å². The second-order valence-corrected chi connectivity index (χ2v) is 6.00. The molecule has 0 heterocycles.